The Labute approximate surface area is 94.6 Å². The number of methoxy groups -OCH3 is 1. The third-order valence-electron chi connectivity index (χ3n) is 2.03. The predicted molar refractivity (Wildman–Crippen MR) is 59.0 cm³/mol. The molecule has 0 aliphatic heterocycles. The number of ether oxygens (including phenoxy) is 2. The van der Waals surface area contributed by atoms with Gasteiger partial charge in [-0.2, -0.15) is 0 Å². The molecule has 0 bridgehead atoms. The summed E-state index contributed by atoms with van der Waals surface area (Å²) in [4.78, 5) is 15.4. The number of nitrogens with zero attached hydrogens (tertiary/aromatic N) is 1. The van der Waals surface area contributed by atoms with Crippen molar-refractivity contribution in [1.29, 1.82) is 0 Å². The second kappa shape index (κ2) is 6.07. The Kier molecular flexibility index (Phi) is 4.72. The van der Waals surface area contributed by atoms with Crippen molar-refractivity contribution in [3.05, 3.63) is 23.9 Å². The maximum absolute atomic E-state index is 11.2. The van der Waals surface area contributed by atoms with E-state index in [1.54, 1.807) is 25.1 Å². The smallest absolute Gasteiger partial charge is 0.307 e. The molecular formula is C11H16N2O3. The maximum Gasteiger partial charge on any atom is 0.307 e. The van der Waals surface area contributed by atoms with Crippen LogP contribution in [0.1, 0.15) is 25.1 Å². The van der Waals surface area contributed by atoms with E-state index in [0.29, 0.717) is 18.2 Å². The Morgan fingerprint density at radius 2 is 2.31 bits per heavy atom. The van der Waals surface area contributed by atoms with Gasteiger partial charge in [-0.3, -0.25) is 4.79 Å². The minimum Gasteiger partial charge on any atom is -0.481 e. The molecular weight excluding hydrogens is 208 g/mol. The molecule has 0 aliphatic carbocycles. The summed E-state index contributed by atoms with van der Waals surface area (Å²) in [5, 5.41) is 0. The molecule has 0 aliphatic rings. The van der Waals surface area contributed by atoms with Gasteiger partial charge in [-0.15, -0.1) is 0 Å². The predicted octanol–water partition coefficient (Wildman–Crippen LogP) is 1.04. The summed E-state index contributed by atoms with van der Waals surface area (Å²) < 4.78 is 9.79. The zero-order valence-corrected chi connectivity index (χ0v) is 9.47. The van der Waals surface area contributed by atoms with Crippen LogP contribution in [0.15, 0.2) is 18.2 Å². The van der Waals surface area contributed by atoms with Gasteiger partial charge in [0.25, 0.3) is 0 Å². The molecule has 5 nitrogen and oxygen atoms in total. The molecule has 0 saturated heterocycles. The fourth-order valence-electron chi connectivity index (χ4n) is 1.26. The summed E-state index contributed by atoms with van der Waals surface area (Å²) in [7, 11) is 1.53. The Morgan fingerprint density at radius 1 is 1.56 bits per heavy atom. The zero-order valence-electron chi connectivity index (χ0n) is 9.47. The van der Waals surface area contributed by atoms with E-state index in [4.69, 9.17) is 15.2 Å². The lowest BCUT2D eigenvalue weighted by molar-refractivity contribution is -0.143. The molecule has 88 valence electrons. The topological polar surface area (TPSA) is 74.4 Å². The summed E-state index contributed by atoms with van der Waals surface area (Å²) >= 11 is 0. The van der Waals surface area contributed by atoms with Crippen LogP contribution in [-0.4, -0.2) is 24.7 Å². The normalized spacial score (nSPS) is 11.9. The average molecular weight is 224 g/mol. The number of pyridine rings is 1. The first-order valence-electron chi connectivity index (χ1n) is 5.09. The largest absolute Gasteiger partial charge is 0.481 e. The number of hydrogen-bond acceptors (Lipinski definition) is 5. The van der Waals surface area contributed by atoms with Crippen molar-refractivity contribution in [1.82, 2.24) is 4.98 Å². The van der Waals surface area contributed by atoms with Crippen molar-refractivity contribution >= 4 is 5.97 Å². The van der Waals surface area contributed by atoms with Crippen LogP contribution in [0.2, 0.25) is 0 Å². The van der Waals surface area contributed by atoms with Crippen LogP contribution in [-0.2, 0) is 9.53 Å². The lowest BCUT2D eigenvalue weighted by Gasteiger charge is -2.10. The number of aromatic nitrogens is 1. The third-order valence-corrected chi connectivity index (χ3v) is 2.03. The van der Waals surface area contributed by atoms with Gasteiger partial charge in [0.2, 0.25) is 5.88 Å². The molecule has 0 unspecified atom stereocenters. The molecule has 5 heteroatoms. The lowest BCUT2D eigenvalue weighted by atomic mass is 10.1. The van der Waals surface area contributed by atoms with Crippen molar-refractivity contribution in [2.45, 2.75) is 19.4 Å². The second-order valence-corrected chi connectivity index (χ2v) is 3.22. The molecule has 1 heterocycles. The molecule has 0 spiro atoms. The Hall–Kier alpha value is -1.62. The number of nitrogens with two attached hydrogens (primary N) is 1. The molecule has 0 aromatic carbocycles. The van der Waals surface area contributed by atoms with Crippen LogP contribution >= 0.6 is 0 Å². The van der Waals surface area contributed by atoms with E-state index in [9.17, 15) is 4.79 Å². The highest BCUT2D eigenvalue weighted by atomic mass is 16.5. The van der Waals surface area contributed by atoms with Gasteiger partial charge in [0.05, 0.1) is 31.9 Å². The monoisotopic (exact) mass is 224 g/mol. The third kappa shape index (κ3) is 3.51. The SMILES string of the molecule is CCOC(=O)C[C@H](N)c1cccc(OC)n1. The fraction of sp³-hybridized carbons (Fsp3) is 0.455. The van der Waals surface area contributed by atoms with Gasteiger partial charge in [0.1, 0.15) is 0 Å². The van der Waals surface area contributed by atoms with Gasteiger partial charge in [-0.05, 0) is 13.0 Å². The average Bonchev–Trinajstić information content (AvgIpc) is 2.29. The van der Waals surface area contributed by atoms with Crippen molar-refractivity contribution in [3.8, 4) is 5.88 Å². The highest BCUT2D eigenvalue weighted by molar-refractivity contribution is 5.70. The first-order chi connectivity index (χ1) is 7.67. The van der Waals surface area contributed by atoms with E-state index < -0.39 is 6.04 Å². The Balaban J connectivity index is 2.64. The molecule has 1 aromatic rings. The standard InChI is InChI=1S/C11H16N2O3/c1-3-16-11(14)7-8(12)9-5-4-6-10(13-9)15-2/h4-6,8H,3,7,12H2,1-2H3/t8-/m0/s1. The quantitative estimate of drug-likeness (QED) is 0.756. The number of carbonyl (C=O) groups excluding carboxylic acids is 1. The zero-order chi connectivity index (χ0) is 12.0. The number of rotatable bonds is 5. The molecule has 0 saturated carbocycles. The fourth-order valence-corrected chi connectivity index (χ4v) is 1.26. The summed E-state index contributed by atoms with van der Waals surface area (Å²) in [6.07, 6.45) is 0.119. The van der Waals surface area contributed by atoms with E-state index in [1.165, 1.54) is 7.11 Å². The first-order valence-corrected chi connectivity index (χ1v) is 5.09. The van der Waals surface area contributed by atoms with Gasteiger partial charge in [0, 0.05) is 6.07 Å². The van der Waals surface area contributed by atoms with E-state index in [1.807, 2.05) is 0 Å². The first kappa shape index (κ1) is 12.4. The summed E-state index contributed by atoms with van der Waals surface area (Å²) in [6.45, 7) is 2.12. The molecule has 1 atom stereocenters. The summed E-state index contributed by atoms with van der Waals surface area (Å²) in [5.74, 6) is 0.163. The molecule has 1 rings (SSSR count). The molecule has 1 aromatic heterocycles. The number of hydrogen-bond donors (Lipinski definition) is 1. The van der Waals surface area contributed by atoms with E-state index in [2.05, 4.69) is 4.98 Å². The van der Waals surface area contributed by atoms with Crippen LogP contribution < -0.4 is 10.5 Å². The lowest BCUT2D eigenvalue weighted by Crippen LogP contribution is -2.18. The summed E-state index contributed by atoms with van der Waals surface area (Å²) in [5.41, 5.74) is 6.45. The van der Waals surface area contributed by atoms with E-state index in [-0.39, 0.29) is 12.4 Å². The summed E-state index contributed by atoms with van der Waals surface area (Å²) in [6, 6.07) is 4.80. The maximum atomic E-state index is 11.2. The number of carbonyl (C=O) groups is 1. The van der Waals surface area contributed by atoms with Gasteiger partial charge in [0.15, 0.2) is 0 Å². The molecule has 16 heavy (non-hydrogen) atoms. The second-order valence-electron chi connectivity index (χ2n) is 3.22. The molecule has 0 radical (unpaired) electrons. The van der Waals surface area contributed by atoms with Crippen LogP contribution in [0.3, 0.4) is 0 Å². The highest BCUT2D eigenvalue weighted by Crippen LogP contribution is 2.15. The van der Waals surface area contributed by atoms with Crippen LogP contribution in [0.5, 0.6) is 5.88 Å². The van der Waals surface area contributed by atoms with Crippen molar-refractivity contribution < 1.29 is 14.3 Å². The minimum absolute atomic E-state index is 0.119. The molecule has 0 amide bonds. The van der Waals surface area contributed by atoms with Gasteiger partial charge in [-0.25, -0.2) is 4.98 Å². The number of esters is 1. The van der Waals surface area contributed by atoms with E-state index in [0.717, 1.165) is 0 Å². The molecule has 0 fully saturated rings. The Morgan fingerprint density at radius 3 is 2.94 bits per heavy atom. The van der Waals surface area contributed by atoms with Gasteiger partial charge in [-0.1, -0.05) is 6.07 Å². The van der Waals surface area contributed by atoms with Gasteiger partial charge >= 0.3 is 5.97 Å². The minimum atomic E-state index is -0.464. The van der Waals surface area contributed by atoms with Gasteiger partial charge < -0.3 is 15.2 Å². The molecule has 2 N–H and O–H groups in total. The van der Waals surface area contributed by atoms with Crippen LogP contribution in [0, 0.1) is 0 Å². The van der Waals surface area contributed by atoms with E-state index >= 15 is 0 Å². The highest BCUT2D eigenvalue weighted by Gasteiger charge is 2.14. The Bertz CT molecular complexity index is 355. The van der Waals surface area contributed by atoms with Crippen LogP contribution in [0.25, 0.3) is 0 Å². The van der Waals surface area contributed by atoms with Crippen molar-refractivity contribution in [2.24, 2.45) is 5.73 Å². The van der Waals surface area contributed by atoms with Crippen molar-refractivity contribution in [2.75, 3.05) is 13.7 Å². The van der Waals surface area contributed by atoms with Crippen molar-refractivity contribution in [3.63, 3.8) is 0 Å². The van der Waals surface area contributed by atoms with Crippen LogP contribution in [0.4, 0.5) is 0 Å².